The number of benzene rings is 2. The topological polar surface area (TPSA) is 51.2 Å². The van der Waals surface area contributed by atoms with E-state index < -0.39 is 52.9 Å². The number of hydrogen-bond donors (Lipinski definition) is 0. The molecule has 0 saturated heterocycles. The van der Waals surface area contributed by atoms with E-state index in [1.807, 2.05) is 0 Å². The van der Waals surface area contributed by atoms with Crippen LogP contribution in [0.15, 0.2) is 30.3 Å². The minimum atomic E-state index is -5.33. The summed E-state index contributed by atoms with van der Waals surface area (Å²) in [5.74, 6) is 0. The van der Waals surface area contributed by atoms with Crippen molar-refractivity contribution < 1.29 is 40.5 Å². The summed E-state index contributed by atoms with van der Waals surface area (Å²) in [4.78, 5) is 27.3. The Hall–Kier alpha value is -2.41. The summed E-state index contributed by atoms with van der Waals surface area (Å²) in [7, 11) is -4.93. The molecule has 3 nitrogen and oxygen atoms in total. The van der Waals surface area contributed by atoms with Crippen molar-refractivity contribution in [3.8, 4) is 0 Å². The zero-order valence-electron chi connectivity index (χ0n) is 18.7. The second kappa shape index (κ2) is 8.99. The molecule has 1 aliphatic carbocycles. The highest BCUT2D eigenvalue weighted by atomic mass is 31.2. The fourth-order valence-corrected chi connectivity index (χ4v) is 7.99. The van der Waals surface area contributed by atoms with Gasteiger partial charge in [0.25, 0.3) is 0 Å². The van der Waals surface area contributed by atoms with Crippen LogP contribution in [0.25, 0.3) is 0 Å². The van der Waals surface area contributed by atoms with Crippen LogP contribution in [-0.4, -0.2) is 16.7 Å². The van der Waals surface area contributed by atoms with Crippen LogP contribution in [0.3, 0.4) is 0 Å². The first-order valence-corrected chi connectivity index (χ1v) is 12.4. The molecular weight excluding hydrogens is 481 g/mol. The molecule has 0 heterocycles. The fraction of sp³-hybridized carbons (Fsp3) is 0.417. The molecule has 1 unspecified atom stereocenters. The van der Waals surface area contributed by atoms with Crippen LogP contribution >= 0.6 is 7.14 Å². The van der Waals surface area contributed by atoms with Gasteiger partial charge in [-0.05, 0) is 56.9 Å². The van der Waals surface area contributed by atoms with Crippen molar-refractivity contribution in [1.29, 1.82) is 0 Å². The average Bonchev–Trinajstić information content (AvgIpc) is 3.25. The minimum Gasteiger partial charge on any atom is -0.306 e. The standard InChI is InChI=1S/C24H23F6O3P/c1-13-11-14(2)19(15(3)12-13)21(31)34(33,16-7-4-5-8-16)22(32)20-17(23(25,26)27)9-6-10-18(20)24(28,29)30/h6,9-12,16H,4-5,7-8H2,1-3H3. The van der Waals surface area contributed by atoms with Gasteiger partial charge in [-0.2, -0.15) is 26.3 Å². The molecule has 0 N–H and O–H groups in total. The van der Waals surface area contributed by atoms with E-state index >= 15 is 0 Å². The number of rotatable bonds is 5. The third kappa shape index (κ3) is 4.59. The molecule has 34 heavy (non-hydrogen) atoms. The second-order valence-corrected chi connectivity index (χ2v) is 11.6. The largest absolute Gasteiger partial charge is 0.417 e. The molecule has 1 atom stereocenters. The highest BCUT2D eigenvalue weighted by Gasteiger charge is 2.53. The van der Waals surface area contributed by atoms with Crippen molar-refractivity contribution >= 4 is 18.2 Å². The first-order valence-electron chi connectivity index (χ1n) is 10.6. The molecule has 184 valence electrons. The third-order valence-corrected chi connectivity index (χ3v) is 9.42. The molecule has 0 bridgehead atoms. The van der Waals surface area contributed by atoms with E-state index in [1.165, 1.54) is 13.8 Å². The third-order valence-electron chi connectivity index (χ3n) is 6.22. The Bertz CT molecular complexity index is 1130. The van der Waals surface area contributed by atoms with Crippen molar-refractivity contribution in [2.75, 3.05) is 0 Å². The van der Waals surface area contributed by atoms with Crippen LogP contribution < -0.4 is 0 Å². The van der Waals surface area contributed by atoms with E-state index in [9.17, 15) is 40.5 Å². The zero-order chi connectivity index (χ0) is 25.6. The Morgan fingerprint density at radius 2 is 1.21 bits per heavy atom. The van der Waals surface area contributed by atoms with Gasteiger partial charge in [0, 0.05) is 11.2 Å². The first-order chi connectivity index (χ1) is 15.6. The van der Waals surface area contributed by atoms with Crippen molar-refractivity contribution in [3.05, 3.63) is 69.3 Å². The normalized spacial score (nSPS) is 17.0. The molecule has 0 aromatic heterocycles. The van der Waals surface area contributed by atoms with E-state index in [-0.39, 0.29) is 18.4 Å². The molecule has 1 fully saturated rings. The van der Waals surface area contributed by atoms with Crippen LogP contribution in [0.2, 0.25) is 0 Å². The fourth-order valence-electron chi connectivity index (χ4n) is 4.80. The van der Waals surface area contributed by atoms with Crippen LogP contribution in [0.5, 0.6) is 0 Å². The number of carbonyl (C=O) groups is 2. The maximum Gasteiger partial charge on any atom is 0.417 e. The predicted molar refractivity (Wildman–Crippen MR) is 116 cm³/mol. The quantitative estimate of drug-likeness (QED) is 0.307. The Kier molecular flexibility index (Phi) is 6.93. The van der Waals surface area contributed by atoms with Gasteiger partial charge in [-0.15, -0.1) is 0 Å². The molecule has 0 radical (unpaired) electrons. The van der Waals surface area contributed by atoms with Crippen LogP contribution in [0.1, 0.15) is 74.2 Å². The lowest BCUT2D eigenvalue weighted by atomic mass is 10.0. The number of halogens is 6. The van der Waals surface area contributed by atoms with E-state index in [1.54, 1.807) is 19.1 Å². The van der Waals surface area contributed by atoms with Crippen LogP contribution in [0.4, 0.5) is 26.3 Å². The Morgan fingerprint density at radius 3 is 1.62 bits per heavy atom. The van der Waals surface area contributed by atoms with Gasteiger partial charge in [-0.3, -0.25) is 9.59 Å². The van der Waals surface area contributed by atoms with Gasteiger partial charge >= 0.3 is 12.4 Å². The van der Waals surface area contributed by atoms with E-state index in [2.05, 4.69) is 0 Å². The Morgan fingerprint density at radius 1 is 0.794 bits per heavy atom. The molecule has 0 amide bonds. The highest BCUT2D eigenvalue weighted by molar-refractivity contribution is 7.96. The van der Waals surface area contributed by atoms with Crippen molar-refractivity contribution in [3.63, 3.8) is 0 Å². The lowest BCUT2D eigenvalue weighted by Crippen LogP contribution is -2.26. The number of carbonyl (C=O) groups excluding carboxylic acids is 2. The molecule has 1 aliphatic rings. The SMILES string of the molecule is Cc1cc(C)c(C(=O)P(=O)(C(=O)c2c(C(F)(F)F)cccc2C(F)(F)F)C2CCCC2)c(C)c1. The second-order valence-electron chi connectivity index (χ2n) is 8.70. The summed E-state index contributed by atoms with van der Waals surface area (Å²) >= 11 is 0. The Labute approximate surface area is 192 Å². The van der Waals surface area contributed by atoms with Crippen molar-refractivity contribution in [2.45, 2.75) is 64.5 Å². The van der Waals surface area contributed by atoms with Gasteiger partial charge in [0.15, 0.2) is 0 Å². The summed E-state index contributed by atoms with van der Waals surface area (Å²) in [5, 5.41) is 0. The summed E-state index contributed by atoms with van der Waals surface area (Å²) in [6, 6.07) is 4.41. The van der Waals surface area contributed by atoms with Crippen molar-refractivity contribution in [2.24, 2.45) is 0 Å². The molecule has 0 aliphatic heterocycles. The average molecular weight is 504 g/mol. The van der Waals surface area contributed by atoms with Gasteiger partial charge in [-0.1, -0.05) is 36.6 Å². The summed E-state index contributed by atoms with van der Waals surface area (Å²) in [6.07, 6.45) is -9.51. The zero-order valence-corrected chi connectivity index (χ0v) is 19.6. The summed E-state index contributed by atoms with van der Waals surface area (Å²) < 4.78 is 96.8. The molecule has 2 aromatic carbocycles. The van der Waals surface area contributed by atoms with Crippen molar-refractivity contribution in [1.82, 2.24) is 0 Å². The smallest absolute Gasteiger partial charge is 0.306 e. The highest BCUT2D eigenvalue weighted by Crippen LogP contribution is 2.62. The van der Waals surface area contributed by atoms with Gasteiger partial charge in [0.05, 0.1) is 16.7 Å². The van der Waals surface area contributed by atoms with Crippen LogP contribution in [-0.2, 0) is 16.9 Å². The number of alkyl halides is 6. The van der Waals surface area contributed by atoms with E-state index in [4.69, 9.17) is 0 Å². The maximum atomic E-state index is 14.3. The Balaban J connectivity index is 2.34. The molecular formula is C24H23F6O3P. The van der Waals surface area contributed by atoms with E-state index in [0.29, 0.717) is 42.2 Å². The van der Waals surface area contributed by atoms with Crippen LogP contribution in [0, 0.1) is 20.8 Å². The summed E-state index contributed by atoms with van der Waals surface area (Å²) in [5.41, 5.74) is -8.23. The number of hydrogen-bond acceptors (Lipinski definition) is 3. The predicted octanol–water partition coefficient (Wildman–Crippen LogP) is 7.94. The minimum absolute atomic E-state index is 0.0905. The molecule has 1 saturated carbocycles. The number of aryl methyl sites for hydroxylation is 3. The van der Waals surface area contributed by atoms with Gasteiger partial charge in [0.1, 0.15) is 0 Å². The lowest BCUT2D eigenvalue weighted by Gasteiger charge is -2.26. The maximum absolute atomic E-state index is 14.3. The molecule has 0 spiro atoms. The molecule has 10 heteroatoms. The molecule has 3 rings (SSSR count). The van der Waals surface area contributed by atoms with Gasteiger partial charge < -0.3 is 4.57 Å². The summed E-state index contributed by atoms with van der Waals surface area (Å²) in [6.45, 7) is 4.80. The monoisotopic (exact) mass is 504 g/mol. The van der Waals surface area contributed by atoms with Gasteiger partial charge in [0.2, 0.25) is 18.2 Å². The first kappa shape index (κ1) is 26.2. The van der Waals surface area contributed by atoms with Gasteiger partial charge in [-0.25, -0.2) is 0 Å². The van der Waals surface area contributed by atoms with E-state index in [0.717, 1.165) is 5.56 Å². The lowest BCUT2D eigenvalue weighted by molar-refractivity contribution is -0.143. The molecule has 2 aromatic rings.